The molecule has 7 heteroatoms. The summed E-state index contributed by atoms with van der Waals surface area (Å²) in [6.07, 6.45) is 7.81. The monoisotopic (exact) mass is 323 g/mol. The zero-order valence-electron chi connectivity index (χ0n) is 13.1. The molecule has 0 saturated carbocycles. The Hall–Kier alpha value is -2.96. The van der Waals surface area contributed by atoms with Gasteiger partial charge in [0.1, 0.15) is 5.82 Å². The highest BCUT2D eigenvalue weighted by molar-refractivity contribution is 5.82. The molecule has 3 heterocycles. The summed E-state index contributed by atoms with van der Waals surface area (Å²) in [5.41, 5.74) is 0.882. The lowest BCUT2D eigenvalue weighted by Gasteiger charge is -2.33. The highest BCUT2D eigenvalue weighted by Crippen LogP contribution is 2.27. The van der Waals surface area contributed by atoms with Gasteiger partial charge in [0.15, 0.2) is 0 Å². The largest absolute Gasteiger partial charge is 0.356 e. The van der Waals surface area contributed by atoms with Gasteiger partial charge in [-0.2, -0.15) is 0 Å². The molecule has 1 aliphatic rings. The van der Waals surface area contributed by atoms with Crippen LogP contribution in [0.1, 0.15) is 18.9 Å². The molecule has 1 saturated heterocycles. The van der Waals surface area contributed by atoms with Gasteiger partial charge in [0.2, 0.25) is 0 Å². The van der Waals surface area contributed by atoms with Crippen LogP contribution in [-0.4, -0.2) is 32.5 Å². The minimum absolute atomic E-state index is 0.0956. The van der Waals surface area contributed by atoms with E-state index in [2.05, 4.69) is 19.4 Å². The minimum Gasteiger partial charge on any atom is -0.356 e. The van der Waals surface area contributed by atoms with Crippen LogP contribution in [0.3, 0.4) is 0 Å². The number of anilines is 1. The first kappa shape index (κ1) is 14.6. The van der Waals surface area contributed by atoms with Crippen molar-refractivity contribution in [1.29, 1.82) is 0 Å². The predicted molar refractivity (Wildman–Crippen MR) is 91.1 cm³/mol. The number of hydrogen-bond acceptors (Lipinski definition) is 5. The average Bonchev–Trinajstić information content (AvgIpc) is 3.15. The summed E-state index contributed by atoms with van der Waals surface area (Å²) >= 11 is 0. The molecule has 122 valence electrons. The van der Waals surface area contributed by atoms with Gasteiger partial charge in [0.25, 0.3) is 5.69 Å². The Bertz CT molecular complexity index is 870. The molecule has 1 aliphatic heterocycles. The average molecular weight is 323 g/mol. The fraction of sp³-hybridized carbons (Fsp3) is 0.294. The van der Waals surface area contributed by atoms with E-state index in [1.807, 2.05) is 30.9 Å². The van der Waals surface area contributed by atoms with Crippen LogP contribution < -0.4 is 4.90 Å². The molecule has 3 aromatic rings. The number of hydrogen-bond donors (Lipinski definition) is 0. The van der Waals surface area contributed by atoms with Gasteiger partial charge in [-0.25, -0.2) is 9.97 Å². The van der Waals surface area contributed by atoms with Crippen molar-refractivity contribution in [1.82, 2.24) is 14.5 Å². The van der Waals surface area contributed by atoms with Crippen molar-refractivity contribution in [3.63, 3.8) is 0 Å². The second-order valence-electron chi connectivity index (χ2n) is 6.03. The molecular formula is C17H17N5O2. The third-order valence-corrected chi connectivity index (χ3v) is 4.60. The number of nitro benzene ring substituents is 1. The van der Waals surface area contributed by atoms with Crippen LogP contribution in [0.5, 0.6) is 0 Å². The molecule has 4 rings (SSSR count). The maximum absolute atomic E-state index is 10.9. The van der Waals surface area contributed by atoms with Gasteiger partial charge in [-0.15, -0.1) is 0 Å². The van der Waals surface area contributed by atoms with Gasteiger partial charge in [0.05, 0.1) is 16.8 Å². The summed E-state index contributed by atoms with van der Waals surface area (Å²) in [7, 11) is 0. The number of piperidine rings is 1. The minimum atomic E-state index is -0.381. The lowest BCUT2D eigenvalue weighted by Crippen LogP contribution is -2.34. The zero-order valence-corrected chi connectivity index (χ0v) is 13.1. The molecule has 0 amide bonds. The van der Waals surface area contributed by atoms with Crippen molar-refractivity contribution >= 4 is 22.4 Å². The summed E-state index contributed by atoms with van der Waals surface area (Å²) in [6.45, 7) is 1.88. The van der Waals surface area contributed by atoms with Gasteiger partial charge in [0, 0.05) is 49.0 Å². The van der Waals surface area contributed by atoms with Crippen LogP contribution in [-0.2, 0) is 0 Å². The normalized spacial score (nSPS) is 15.8. The van der Waals surface area contributed by atoms with Gasteiger partial charge in [-0.05, 0) is 31.0 Å². The topological polar surface area (TPSA) is 77.1 Å². The summed E-state index contributed by atoms with van der Waals surface area (Å²) < 4.78 is 2.17. The Labute approximate surface area is 138 Å². The van der Waals surface area contributed by atoms with Gasteiger partial charge in [-0.3, -0.25) is 10.1 Å². The second kappa shape index (κ2) is 5.92. The van der Waals surface area contributed by atoms with Gasteiger partial charge in [-0.1, -0.05) is 0 Å². The zero-order chi connectivity index (χ0) is 16.5. The molecule has 7 nitrogen and oxygen atoms in total. The molecule has 0 bridgehead atoms. The summed E-state index contributed by atoms with van der Waals surface area (Å²) in [6, 6.07) is 9.14. The van der Waals surface area contributed by atoms with Crippen molar-refractivity contribution in [2.24, 2.45) is 0 Å². The number of nitrogens with zero attached hydrogens (tertiary/aromatic N) is 5. The molecule has 0 aliphatic carbocycles. The Morgan fingerprint density at radius 1 is 1.17 bits per heavy atom. The molecule has 0 atom stereocenters. The standard InChI is InChI=1S/C17H17N5O2/c23-22(24)15-2-3-16-13(11-15)1-4-17(19-16)20-8-5-14(6-9-20)21-10-7-18-12-21/h1-4,7,10-12,14H,5-6,8-9H2. The van der Waals surface area contributed by atoms with Crippen molar-refractivity contribution in [2.45, 2.75) is 18.9 Å². The van der Waals surface area contributed by atoms with Crippen LogP contribution in [0.2, 0.25) is 0 Å². The van der Waals surface area contributed by atoms with Crippen LogP contribution in [0.4, 0.5) is 11.5 Å². The van der Waals surface area contributed by atoms with E-state index in [-0.39, 0.29) is 10.6 Å². The third kappa shape index (κ3) is 2.68. The summed E-state index contributed by atoms with van der Waals surface area (Å²) in [5.74, 6) is 0.931. The Morgan fingerprint density at radius 3 is 2.71 bits per heavy atom. The lowest BCUT2D eigenvalue weighted by molar-refractivity contribution is -0.384. The SMILES string of the molecule is O=[N+]([O-])c1ccc2nc(N3CCC(n4ccnc4)CC3)ccc2c1. The van der Waals surface area contributed by atoms with Gasteiger partial charge < -0.3 is 9.47 Å². The number of imidazole rings is 1. The second-order valence-corrected chi connectivity index (χ2v) is 6.03. The number of non-ortho nitro benzene ring substituents is 1. The molecule has 1 fully saturated rings. The molecule has 0 spiro atoms. The van der Waals surface area contributed by atoms with Crippen LogP contribution >= 0.6 is 0 Å². The smallest absolute Gasteiger partial charge is 0.270 e. The number of benzene rings is 1. The van der Waals surface area contributed by atoms with Crippen molar-refractivity contribution in [3.8, 4) is 0 Å². The third-order valence-electron chi connectivity index (χ3n) is 4.60. The summed E-state index contributed by atoms with van der Waals surface area (Å²) in [4.78, 5) is 21.5. The number of pyridine rings is 1. The first-order valence-electron chi connectivity index (χ1n) is 7.98. The maximum Gasteiger partial charge on any atom is 0.270 e. The van der Waals surface area contributed by atoms with E-state index < -0.39 is 0 Å². The first-order chi connectivity index (χ1) is 11.7. The fourth-order valence-electron chi connectivity index (χ4n) is 3.27. The molecular weight excluding hydrogens is 306 g/mol. The van der Waals surface area contributed by atoms with E-state index in [0.29, 0.717) is 6.04 Å². The van der Waals surface area contributed by atoms with Crippen LogP contribution in [0, 0.1) is 10.1 Å². The fourth-order valence-corrected chi connectivity index (χ4v) is 3.27. The molecule has 0 unspecified atom stereocenters. The van der Waals surface area contributed by atoms with Crippen molar-refractivity contribution in [3.05, 3.63) is 59.2 Å². The van der Waals surface area contributed by atoms with E-state index in [9.17, 15) is 10.1 Å². The maximum atomic E-state index is 10.9. The van der Waals surface area contributed by atoms with E-state index in [4.69, 9.17) is 0 Å². The predicted octanol–water partition coefficient (Wildman–Crippen LogP) is 3.18. The number of fused-ring (bicyclic) bond motifs is 1. The first-order valence-corrected chi connectivity index (χ1v) is 7.98. The van der Waals surface area contributed by atoms with E-state index in [0.717, 1.165) is 42.7 Å². The lowest BCUT2D eigenvalue weighted by atomic mass is 10.0. The Kier molecular flexibility index (Phi) is 3.60. The Morgan fingerprint density at radius 2 is 2.00 bits per heavy atom. The highest BCUT2D eigenvalue weighted by Gasteiger charge is 2.21. The number of aromatic nitrogens is 3. The van der Waals surface area contributed by atoms with E-state index in [1.54, 1.807) is 12.1 Å². The molecule has 1 aromatic carbocycles. The summed E-state index contributed by atoms with van der Waals surface area (Å²) in [5, 5.41) is 11.7. The van der Waals surface area contributed by atoms with Crippen LogP contribution in [0.15, 0.2) is 49.1 Å². The molecule has 24 heavy (non-hydrogen) atoms. The number of rotatable bonds is 3. The molecule has 2 aromatic heterocycles. The van der Waals surface area contributed by atoms with E-state index >= 15 is 0 Å². The van der Waals surface area contributed by atoms with Crippen molar-refractivity contribution in [2.75, 3.05) is 18.0 Å². The highest BCUT2D eigenvalue weighted by atomic mass is 16.6. The number of nitro groups is 1. The van der Waals surface area contributed by atoms with Crippen LogP contribution in [0.25, 0.3) is 10.9 Å². The van der Waals surface area contributed by atoms with Gasteiger partial charge >= 0.3 is 0 Å². The molecule has 0 N–H and O–H groups in total. The quantitative estimate of drug-likeness (QED) is 0.546. The Balaban J connectivity index is 1.52. The molecule has 0 radical (unpaired) electrons. The van der Waals surface area contributed by atoms with Crippen molar-refractivity contribution < 1.29 is 4.92 Å². The van der Waals surface area contributed by atoms with E-state index in [1.165, 1.54) is 6.07 Å².